The average molecular weight is 291 g/mol. The molecule has 5 heteroatoms. The van der Waals surface area contributed by atoms with Gasteiger partial charge in [-0.25, -0.2) is 9.78 Å². The van der Waals surface area contributed by atoms with Gasteiger partial charge in [0.05, 0.1) is 30.3 Å². The van der Waals surface area contributed by atoms with Gasteiger partial charge in [-0.15, -0.1) is 5.92 Å². The Morgan fingerprint density at radius 2 is 2.00 bits per heavy atom. The Morgan fingerprint density at radius 3 is 2.52 bits per heavy atom. The summed E-state index contributed by atoms with van der Waals surface area (Å²) in [5.41, 5.74) is -0.150. The maximum Gasteiger partial charge on any atom is 0.410 e. The molecule has 0 atom stereocenters. The lowest BCUT2D eigenvalue weighted by molar-refractivity contribution is 0.00922. The van der Waals surface area contributed by atoms with Gasteiger partial charge < -0.3 is 14.2 Å². The molecule has 0 aliphatic heterocycles. The van der Waals surface area contributed by atoms with Gasteiger partial charge in [0, 0.05) is 7.05 Å². The van der Waals surface area contributed by atoms with Crippen molar-refractivity contribution in [2.75, 3.05) is 7.05 Å². The normalized spacial score (nSPS) is 11.6. The van der Waals surface area contributed by atoms with E-state index in [9.17, 15) is 4.79 Å². The highest BCUT2D eigenvalue weighted by molar-refractivity contribution is 5.69. The molecule has 0 saturated carbocycles. The first-order valence-corrected chi connectivity index (χ1v) is 6.96. The number of hydrogen-bond acceptors (Lipinski definition) is 3. The maximum absolute atomic E-state index is 12.3. The topological polar surface area (TPSA) is 47.4 Å². The number of carbonyl (C=O) groups is 1. The number of carbonyl (C=O) groups excluding carboxylic acids is 1. The van der Waals surface area contributed by atoms with E-state index in [4.69, 9.17) is 4.74 Å². The predicted octanol–water partition coefficient (Wildman–Crippen LogP) is 3.01. The van der Waals surface area contributed by atoms with Crippen LogP contribution in [0.1, 0.15) is 47.2 Å². The van der Waals surface area contributed by atoms with E-state index in [0.717, 1.165) is 5.69 Å². The highest BCUT2D eigenvalue weighted by atomic mass is 16.6. The van der Waals surface area contributed by atoms with Gasteiger partial charge in [0.2, 0.25) is 0 Å². The van der Waals surface area contributed by atoms with Crippen LogP contribution < -0.4 is 0 Å². The van der Waals surface area contributed by atoms with E-state index >= 15 is 0 Å². The summed E-state index contributed by atoms with van der Waals surface area (Å²) in [5, 5.41) is 0. The van der Waals surface area contributed by atoms with Crippen LogP contribution in [-0.2, 0) is 16.8 Å². The van der Waals surface area contributed by atoms with Gasteiger partial charge in [-0.3, -0.25) is 0 Å². The molecule has 21 heavy (non-hydrogen) atoms. The third-order valence-electron chi connectivity index (χ3n) is 3.27. The van der Waals surface area contributed by atoms with Gasteiger partial charge >= 0.3 is 6.09 Å². The third kappa shape index (κ3) is 4.25. The minimum absolute atomic E-state index is 0.359. The van der Waals surface area contributed by atoms with Crippen LogP contribution in [0.4, 0.5) is 4.79 Å². The van der Waals surface area contributed by atoms with Gasteiger partial charge in [-0.05, 0) is 41.5 Å². The Labute approximate surface area is 127 Å². The largest absolute Gasteiger partial charge is 0.444 e. The van der Waals surface area contributed by atoms with Gasteiger partial charge in [0.25, 0.3) is 0 Å². The summed E-state index contributed by atoms with van der Waals surface area (Å²) in [7, 11) is 1.73. The molecule has 0 N–H and O–H groups in total. The lowest BCUT2D eigenvalue weighted by atomic mass is 9.99. The number of aromatic nitrogens is 2. The third-order valence-corrected chi connectivity index (χ3v) is 3.27. The zero-order valence-corrected chi connectivity index (χ0v) is 14.0. The SMILES string of the molecule is CC#CCn1cncc1C(C)(C)N(C)C(=O)OC(C)(C)C. The molecule has 0 aliphatic carbocycles. The van der Waals surface area contributed by atoms with E-state index < -0.39 is 11.1 Å². The second-order valence-electron chi connectivity index (χ2n) is 6.43. The minimum Gasteiger partial charge on any atom is -0.444 e. The van der Waals surface area contributed by atoms with Gasteiger partial charge in [0.15, 0.2) is 0 Å². The molecule has 1 rings (SSSR count). The highest BCUT2D eigenvalue weighted by Crippen LogP contribution is 2.27. The molecular weight excluding hydrogens is 266 g/mol. The molecular formula is C16H25N3O2. The molecule has 0 radical (unpaired) electrons. The average Bonchev–Trinajstić information content (AvgIpc) is 2.82. The van der Waals surface area contributed by atoms with E-state index in [0.29, 0.717) is 6.54 Å². The van der Waals surface area contributed by atoms with Gasteiger partial charge in [-0.2, -0.15) is 0 Å². The number of hydrogen-bond donors (Lipinski definition) is 0. The smallest absolute Gasteiger partial charge is 0.410 e. The Kier molecular flexibility index (Phi) is 5.06. The second-order valence-corrected chi connectivity index (χ2v) is 6.43. The Morgan fingerprint density at radius 1 is 1.38 bits per heavy atom. The first-order valence-electron chi connectivity index (χ1n) is 6.96. The van der Waals surface area contributed by atoms with E-state index in [2.05, 4.69) is 16.8 Å². The van der Waals surface area contributed by atoms with Crippen LogP contribution in [-0.4, -0.2) is 33.2 Å². The van der Waals surface area contributed by atoms with E-state index in [1.807, 2.05) is 39.2 Å². The van der Waals surface area contributed by atoms with Crippen LogP contribution in [0.5, 0.6) is 0 Å². The Bertz CT molecular complexity index is 556. The maximum atomic E-state index is 12.3. The summed E-state index contributed by atoms with van der Waals surface area (Å²) in [6.45, 7) is 11.8. The van der Waals surface area contributed by atoms with E-state index in [1.165, 1.54) is 0 Å². The van der Waals surface area contributed by atoms with Crippen molar-refractivity contribution in [3.8, 4) is 11.8 Å². The van der Waals surface area contributed by atoms with Gasteiger partial charge in [-0.1, -0.05) is 5.92 Å². The first kappa shape index (κ1) is 17.1. The van der Waals surface area contributed by atoms with Crippen molar-refractivity contribution < 1.29 is 9.53 Å². The zero-order valence-electron chi connectivity index (χ0n) is 14.0. The summed E-state index contributed by atoms with van der Waals surface area (Å²) in [5.74, 6) is 5.87. The van der Waals surface area contributed by atoms with Crippen LogP contribution in [0.3, 0.4) is 0 Å². The van der Waals surface area contributed by atoms with Crippen molar-refractivity contribution in [1.82, 2.24) is 14.5 Å². The van der Waals surface area contributed by atoms with Crippen LogP contribution in [0.15, 0.2) is 12.5 Å². The molecule has 0 bridgehead atoms. The lowest BCUT2D eigenvalue weighted by Gasteiger charge is -2.36. The van der Waals surface area contributed by atoms with Crippen molar-refractivity contribution in [3.05, 3.63) is 18.2 Å². The monoisotopic (exact) mass is 291 g/mol. The summed E-state index contributed by atoms with van der Waals surface area (Å²) in [6, 6.07) is 0. The summed E-state index contributed by atoms with van der Waals surface area (Å²) in [4.78, 5) is 18.0. The molecule has 0 fully saturated rings. The van der Waals surface area contributed by atoms with Gasteiger partial charge in [0.1, 0.15) is 5.60 Å². The number of amides is 1. The molecule has 116 valence electrons. The molecule has 1 heterocycles. The molecule has 0 aliphatic rings. The summed E-state index contributed by atoms with van der Waals surface area (Å²) < 4.78 is 7.38. The molecule has 1 aromatic rings. The molecule has 1 amide bonds. The van der Waals surface area contributed by atoms with Crippen molar-refractivity contribution in [2.24, 2.45) is 0 Å². The fourth-order valence-corrected chi connectivity index (χ4v) is 1.85. The second kappa shape index (κ2) is 6.21. The standard InChI is InChI=1S/C16H25N3O2/c1-8-9-10-19-12-17-11-13(19)16(5,6)18(7)14(20)21-15(2,3)4/h11-12H,10H2,1-7H3. The molecule has 0 unspecified atom stereocenters. The number of rotatable bonds is 3. The fraction of sp³-hybridized carbons (Fsp3) is 0.625. The van der Waals surface area contributed by atoms with Crippen LogP contribution in [0.2, 0.25) is 0 Å². The number of imidazole rings is 1. The number of nitrogens with zero attached hydrogens (tertiary/aromatic N) is 3. The van der Waals surface area contributed by atoms with Crippen molar-refractivity contribution in [2.45, 2.75) is 59.2 Å². The van der Waals surface area contributed by atoms with Crippen molar-refractivity contribution in [3.63, 3.8) is 0 Å². The first-order chi connectivity index (χ1) is 9.59. The van der Waals surface area contributed by atoms with E-state index in [1.54, 1.807) is 31.4 Å². The van der Waals surface area contributed by atoms with Crippen molar-refractivity contribution in [1.29, 1.82) is 0 Å². The molecule has 0 saturated heterocycles. The fourth-order valence-electron chi connectivity index (χ4n) is 1.85. The predicted molar refractivity (Wildman–Crippen MR) is 82.7 cm³/mol. The minimum atomic E-state index is -0.547. The van der Waals surface area contributed by atoms with Crippen LogP contribution in [0.25, 0.3) is 0 Å². The van der Waals surface area contributed by atoms with Crippen LogP contribution >= 0.6 is 0 Å². The molecule has 0 spiro atoms. The van der Waals surface area contributed by atoms with Crippen molar-refractivity contribution >= 4 is 6.09 Å². The van der Waals surface area contributed by atoms with Crippen LogP contribution in [0, 0.1) is 11.8 Å². The highest BCUT2D eigenvalue weighted by Gasteiger charge is 2.34. The lowest BCUT2D eigenvalue weighted by Crippen LogP contribution is -2.46. The summed E-state index contributed by atoms with van der Waals surface area (Å²) >= 11 is 0. The zero-order chi connectivity index (χ0) is 16.3. The molecule has 0 aromatic carbocycles. The quantitative estimate of drug-likeness (QED) is 0.804. The number of ether oxygens (including phenoxy) is 1. The van der Waals surface area contributed by atoms with E-state index in [-0.39, 0.29) is 6.09 Å². The summed E-state index contributed by atoms with van der Waals surface area (Å²) in [6.07, 6.45) is 3.13. The molecule has 1 aromatic heterocycles. The molecule has 5 nitrogen and oxygen atoms in total. The Balaban J connectivity index is 3.01. The Hall–Kier alpha value is -1.96.